The van der Waals surface area contributed by atoms with Gasteiger partial charge in [0.2, 0.25) is 5.91 Å². The van der Waals surface area contributed by atoms with Gasteiger partial charge in [-0.05, 0) is 64.7 Å². The molecule has 3 aliphatic heterocycles. The summed E-state index contributed by atoms with van der Waals surface area (Å²) in [7, 11) is 0. The molecule has 1 aliphatic carbocycles. The van der Waals surface area contributed by atoms with Gasteiger partial charge in [-0.15, -0.1) is 0 Å². The third kappa shape index (κ3) is 5.27. The molecule has 1 spiro atoms. The molecule has 1 saturated carbocycles. The maximum Gasteiger partial charge on any atom is 0.246 e. The van der Waals surface area contributed by atoms with E-state index in [2.05, 4.69) is 48.8 Å². The summed E-state index contributed by atoms with van der Waals surface area (Å²) in [6, 6.07) is 2.24. The highest BCUT2D eigenvalue weighted by Crippen LogP contribution is 2.59. The molecule has 4 aliphatic rings. The first-order chi connectivity index (χ1) is 21.5. The van der Waals surface area contributed by atoms with Gasteiger partial charge in [-0.25, -0.2) is 0 Å². The van der Waals surface area contributed by atoms with Gasteiger partial charge in [0.1, 0.15) is 0 Å². The summed E-state index contributed by atoms with van der Waals surface area (Å²) in [6.07, 6.45) is 5.66. The van der Waals surface area contributed by atoms with E-state index in [1.165, 1.54) is 12.3 Å². The van der Waals surface area contributed by atoms with E-state index in [0.29, 0.717) is 36.1 Å². The second-order valence-electron chi connectivity index (χ2n) is 13.8. The van der Waals surface area contributed by atoms with Crippen LogP contribution in [0.2, 0.25) is 5.02 Å². The van der Waals surface area contributed by atoms with E-state index in [1.54, 1.807) is 0 Å². The van der Waals surface area contributed by atoms with Crippen LogP contribution in [0.1, 0.15) is 62.9 Å². The smallest absolute Gasteiger partial charge is 0.246 e. The Bertz CT molecular complexity index is 1500. The van der Waals surface area contributed by atoms with Crippen molar-refractivity contribution in [2.24, 2.45) is 5.41 Å². The van der Waals surface area contributed by atoms with Gasteiger partial charge < -0.3 is 30.4 Å². The molecule has 1 aromatic heterocycles. The Kier molecular flexibility index (Phi) is 8.56. The predicted molar refractivity (Wildman–Crippen MR) is 180 cm³/mol. The van der Waals surface area contributed by atoms with Crippen LogP contribution >= 0.6 is 11.6 Å². The number of nitrogens with zero attached hydrogens (tertiary/aromatic N) is 5. The van der Waals surface area contributed by atoms with Crippen LogP contribution in [0.4, 0.5) is 11.5 Å². The van der Waals surface area contributed by atoms with E-state index < -0.39 is 0 Å². The van der Waals surface area contributed by atoms with Crippen LogP contribution in [0.3, 0.4) is 0 Å². The molecule has 3 N–H and O–H groups in total. The Balaban J connectivity index is 1.38. The number of aromatic nitrogens is 2. The normalized spacial score (nSPS) is 30.2. The highest BCUT2D eigenvalue weighted by Gasteiger charge is 2.59. The number of carbonyl (C=O) groups excluding carboxylic acids is 1. The van der Waals surface area contributed by atoms with Crippen LogP contribution in [0.25, 0.3) is 11.1 Å². The molecule has 1 aromatic carbocycles. The topological polar surface area (TPSA) is 113 Å². The zero-order chi connectivity index (χ0) is 32.3. The maximum absolute atomic E-state index is 12.3. The van der Waals surface area contributed by atoms with Gasteiger partial charge in [0.25, 0.3) is 0 Å². The number of nitrogens with two attached hydrogens (primary N) is 1. The number of amides is 1. The summed E-state index contributed by atoms with van der Waals surface area (Å²) in [6.45, 7) is 20.6. The van der Waals surface area contributed by atoms with Gasteiger partial charge in [-0.1, -0.05) is 25.1 Å². The molecular formula is C34H48ClN7O3. The van der Waals surface area contributed by atoms with E-state index >= 15 is 0 Å². The predicted octanol–water partition coefficient (Wildman–Crippen LogP) is 4.84. The zero-order valence-corrected chi connectivity index (χ0v) is 28.1. The molecule has 244 valence electrons. The number of hydrogen-bond acceptors (Lipinski definition) is 8. The van der Waals surface area contributed by atoms with Crippen molar-refractivity contribution in [3.63, 3.8) is 0 Å². The van der Waals surface area contributed by atoms with Crippen molar-refractivity contribution in [3.05, 3.63) is 40.6 Å². The molecule has 0 bridgehead atoms. The fraction of sp³-hybridized carbons (Fsp3) is 0.618. The molecule has 4 fully saturated rings. The lowest BCUT2D eigenvalue weighted by atomic mass is 9.56. The standard InChI is InChI=1S/C34H48ClN7O3/c1-7-28(43)40-20-34(23(40)5)14-24(15-34)42-22(4)29(30-26(16-36)27(37)13-21(3)31(30)35)32(38-42)41-10-9-39(19-33(41,6)8-2)17-25-18-44-11-12-45-25/h7,13,16,23-25,36H,1,8-12,14-15,17-20,37H2,2-6H3/t23?,24?,25?,33-,34?/m0/s1. The zero-order valence-electron chi connectivity index (χ0n) is 27.4. The lowest BCUT2D eigenvalue weighted by molar-refractivity contribution is -0.167. The number of nitrogens with one attached hydrogen (secondary N) is 1. The van der Waals surface area contributed by atoms with Crippen molar-refractivity contribution in [2.45, 2.75) is 77.6 Å². The Labute approximate surface area is 272 Å². The van der Waals surface area contributed by atoms with Crippen LogP contribution < -0.4 is 10.6 Å². The van der Waals surface area contributed by atoms with Crippen molar-refractivity contribution in [3.8, 4) is 11.1 Å². The highest BCUT2D eigenvalue weighted by atomic mass is 35.5. The van der Waals surface area contributed by atoms with Crippen LogP contribution in [0, 0.1) is 24.7 Å². The van der Waals surface area contributed by atoms with Crippen molar-refractivity contribution >= 4 is 35.2 Å². The number of benzene rings is 1. The number of nitrogen functional groups attached to an aromatic ring is 1. The average molecular weight is 638 g/mol. The third-order valence-electron chi connectivity index (χ3n) is 11.2. The van der Waals surface area contributed by atoms with Gasteiger partial charge in [0.05, 0.1) is 42.5 Å². The minimum Gasteiger partial charge on any atom is -0.398 e. The Morgan fingerprint density at radius 2 is 2.00 bits per heavy atom. The summed E-state index contributed by atoms with van der Waals surface area (Å²) in [5, 5.41) is 14.4. The molecule has 2 unspecified atom stereocenters. The first kappa shape index (κ1) is 32.0. The van der Waals surface area contributed by atoms with Crippen LogP contribution in [-0.2, 0) is 14.3 Å². The molecule has 3 saturated heterocycles. The number of likely N-dealkylation sites (tertiary alicyclic amines) is 1. The molecule has 2 aromatic rings. The second kappa shape index (κ2) is 12.0. The van der Waals surface area contributed by atoms with Gasteiger partial charge in [-0.2, -0.15) is 5.10 Å². The molecule has 4 heterocycles. The first-order valence-electron chi connectivity index (χ1n) is 16.3. The molecule has 1 amide bonds. The van der Waals surface area contributed by atoms with Gasteiger partial charge >= 0.3 is 0 Å². The number of aryl methyl sites for hydroxylation is 1. The minimum absolute atomic E-state index is 0.00263. The number of ether oxygens (including phenoxy) is 2. The lowest BCUT2D eigenvalue weighted by Crippen LogP contribution is -2.69. The van der Waals surface area contributed by atoms with Crippen LogP contribution in [-0.4, -0.2) is 102 Å². The molecule has 0 radical (unpaired) electrons. The average Bonchev–Trinajstić information content (AvgIpc) is 3.33. The number of anilines is 2. The Morgan fingerprint density at radius 3 is 2.62 bits per heavy atom. The van der Waals surface area contributed by atoms with E-state index in [9.17, 15) is 4.79 Å². The molecule has 10 nitrogen and oxygen atoms in total. The van der Waals surface area contributed by atoms with Gasteiger partial charge in [-0.3, -0.25) is 14.4 Å². The van der Waals surface area contributed by atoms with Crippen molar-refractivity contribution in [1.29, 1.82) is 5.41 Å². The molecule has 11 heteroatoms. The molecular weight excluding hydrogens is 590 g/mol. The van der Waals surface area contributed by atoms with E-state index in [-0.39, 0.29) is 35.0 Å². The van der Waals surface area contributed by atoms with Gasteiger partial charge in [0, 0.05) is 78.5 Å². The monoisotopic (exact) mass is 637 g/mol. The summed E-state index contributed by atoms with van der Waals surface area (Å²) < 4.78 is 13.9. The number of carbonyl (C=O) groups is 1. The molecule has 45 heavy (non-hydrogen) atoms. The van der Waals surface area contributed by atoms with Crippen molar-refractivity contribution in [1.82, 2.24) is 19.6 Å². The second-order valence-corrected chi connectivity index (χ2v) is 14.2. The Hall–Kier alpha value is -2.92. The number of halogens is 1. The number of rotatable bonds is 8. The van der Waals surface area contributed by atoms with E-state index in [4.69, 9.17) is 37.3 Å². The lowest BCUT2D eigenvalue weighted by Gasteiger charge is -2.63. The number of hydrogen-bond donors (Lipinski definition) is 2. The van der Waals surface area contributed by atoms with E-state index in [1.807, 2.05) is 17.9 Å². The maximum atomic E-state index is 12.3. The third-order valence-corrected chi connectivity index (χ3v) is 11.7. The SMILES string of the molecule is C=CC(=O)N1CC2(CC(n3nc(N4CCN(CC5COCCO5)C[C@]4(C)CC)c(-c4c(Cl)c(C)cc(N)c4C=N)c3C)C2)C1C. The molecule has 6 rings (SSSR count). The van der Waals surface area contributed by atoms with Crippen LogP contribution in [0.5, 0.6) is 0 Å². The fourth-order valence-corrected chi connectivity index (χ4v) is 8.47. The number of piperazine rings is 1. The van der Waals surface area contributed by atoms with Crippen LogP contribution in [0.15, 0.2) is 18.7 Å². The highest BCUT2D eigenvalue weighted by molar-refractivity contribution is 6.35. The summed E-state index contributed by atoms with van der Waals surface area (Å²) in [4.78, 5) is 19.2. The first-order valence-corrected chi connectivity index (χ1v) is 16.7. The van der Waals surface area contributed by atoms with Gasteiger partial charge in [0.15, 0.2) is 5.82 Å². The van der Waals surface area contributed by atoms with E-state index in [0.717, 1.165) is 80.2 Å². The van der Waals surface area contributed by atoms with Crippen molar-refractivity contribution < 1.29 is 14.3 Å². The van der Waals surface area contributed by atoms with Crippen molar-refractivity contribution in [2.75, 3.05) is 63.2 Å². The summed E-state index contributed by atoms with van der Waals surface area (Å²) in [5.74, 6) is 0.901. The summed E-state index contributed by atoms with van der Waals surface area (Å²) in [5.41, 5.74) is 11.2. The largest absolute Gasteiger partial charge is 0.398 e. The molecule has 3 atom stereocenters. The minimum atomic E-state index is -0.199. The quantitative estimate of drug-likeness (QED) is 0.242. The fourth-order valence-electron chi connectivity index (χ4n) is 8.22. The Morgan fingerprint density at radius 1 is 1.24 bits per heavy atom. The summed E-state index contributed by atoms with van der Waals surface area (Å²) >= 11 is 7.10.